The van der Waals surface area contributed by atoms with Gasteiger partial charge in [-0.15, -0.1) is 0 Å². The zero-order chi connectivity index (χ0) is 8.69. The fourth-order valence-corrected chi connectivity index (χ4v) is 0.376. The second-order valence-electron chi connectivity index (χ2n) is 1.60. The van der Waals surface area contributed by atoms with Crippen LogP contribution in [0.4, 0.5) is 5.82 Å². The maximum atomic E-state index is 7.17. The van der Waals surface area contributed by atoms with Crippen molar-refractivity contribution < 1.29 is 15.1 Å². The van der Waals surface area contributed by atoms with Crippen LogP contribution < -0.4 is 5.73 Å². The second-order valence-corrected chi connectivity index (χ2v) is 1.60. The Hall–Kier alpha value is -1.11. The van der Waals surface area contributed by atoms with E-state index in [4.69, 9.17) is 20.8 Å². The maximum absolute atomic E-state index is 7.17. The van der Waals surface area contributed by atoms with Gasteiger partial charge in [0, 0.05) is 6.20 Å². The molecule has 0 unspecified atom stereocenters. The molecule has 1 aromatic rings. The molecule has 1 aromatic heterocycles. The summed E-state index contributed by atoms with van der Waals surface area (Å²) in [6.07, 6.45) is 1.66. The van der Waals surface area contributed by atoms with E-state index in [9.17, 15) is 0 Å². The predicted octanol–water partition coefficient (Wildman–Crippen LogP) is -1.39. The highest BCUT2D eigenvalue weighted by Crippen LogP contribution is 1.89. The van der Waals surface area contributed by atoms with Crippen LogP contribution in [0.25, 0.3) is 0 Å². The Balaban J connectivity index is 0.000000218. The molecule has 0 aromatic carbocycles. The number of hydrogen-bond acceptors (Lipinski definition) is 5. The number of hydrogen-bond donors (Lipinski definition) is 4. The SMILES string of the molecule is Nc1ccccn1.OB(O)O. The summed E-state index contributed by atoms with van der Waals surface area (Å²) < 4.78 is 0. The molecule has 60 valence electrons. The average Bonchev–Trinajstić information content (AvgIpc) is 1.87. The minimum absolute atomic E-state index is 0.572. The lowest BCUT2D eigenvalue weighted by molar-refractivity contribution is 0.278. The second kappa shape index (κ2) is 5.66. The van der Waals surface area contributed by atoms with Gasteiger partial charge in [0.25, 0.3) is 0 Å². The summed E-state index contributed by atoms with van der Waals surface area (Å²) in [6.45, 7) is 0. The van der Waals surface area contributed by atoms with Crippen LogP contribution in [0, 0.1) is 0 Å². The molecule has 0 aliphatic heterocycles. The summed E-state index contributed by atoms with van der Waals surface area (Å²) >= 11 is 0. The third kappa shape index (κ3) is 8.89. The van der Waals surface area contributed by atoms with Gasteiger partial charge in [0.1, 0.15) is 5.82 Å². The number of nitrogen functional groups attached to an aromatic ring is 1. The molecule has 0 bridgehead atoms. The molecule has 5 N–H and O–H groups in total. The van der Waals surface area contributed by atoms with E-state index in [1.54, 1.807) is 12.3 Å². The summed E-state index contributed by atoms with van der Waals surface area (Å²) in [5.41, 5.74) is 5.25. The summed E-state index contributed by atoms with van der Waals surface area (Å²) in [7, 11) is -2.17. The van der Waals surface area contributed by atoms with E-state index in [1.807, 2.05) is 12.1 Å². The Morgan fingerprint density at radius 2 is 1.82 bits per heavy atom. The molecule has 0 saturated heterocycles. The number of nitrogens with zero attached hydrogens (tertiary/aromatic N) is 1. The van der Waals surface area contributed by atoms with Crippen LogP contribution in [0.1, 0.15) is 0 Å². The van der Waals surface area contributed by atoms with E-state index in [0.29, 0.717) is 5.82 Å². The third-order valence-electron chi connectivity index (χ3n) is 0.688. The van der Waals surface area contributed by atoms with Crippen molar-refractivity contribution in [3.8, 4) is 0 Å². The zero-order valence-corrected chi connectivity index (χ0v) is 5.75. The van der Waals surface area contributed by atoms with Gasteiger partial charge in [-0.3, -0.25) is 0 Å². The lowest BCUT2D eigenvalue weighted by atomic mass is 10.3. The van der Waals surface area contributed by atoms with Gasteiger partial charge in [-0.25, -0.2) is 4.98 Å². The van der Waals surface area contributed by atoms with Crippen molar-refractivity contribution >= 4 is 13.1 Å². The fourth-order valence-electron chi connectivity index (χ4n) is 0.376. The Bertz CT molecular complexity index is 180. The number of nitrogens with two attached hydrogens (primary N) is 1. The molecule has 11 heavy (non-hydrogen) atoms. The van der Waals surface area contributed by atoms with Crippen LogP contribution in [0.2, 0.25) is 0 Å². The van der Waals surface area contributed by atoms with Crippen molar-refractivity contribution in [3.63, 3.8) is 0 Å². The van der Waals surface area contributed by atoms with Crippen LogP contribution in [0.3, 0.4) is 0 Å². The Morgan fingerprint density at radius 3 is 2.00 bits per heavy atom. The minimum atomic E-state index is -2.17. The Labute approximate surface area is 64.3 Å². The molecule has 0 spiro atoms. The number of anilines is 1. The molecule has 6 heteroatoms. The largest absolute Gasteiger partial charge is 0.631 e. The zero-order valence-electron chi connectivity index (χ0n) is 5.75. The summed E-state index contributed by atoms with van der Waals surface area (Å²) in [6, 6.07) is 5.43. The molecule has 5 nitrogen and oxygen atoms in total. The highest BCUT2D eigenvalue weighted by Gasteiger charge is 1.92. The molecular formula is C5H9BN2O3. The molecule has 0 atom stereocenters. The van der Waals surface area contributed by atoms with E-state index < -0.39 is 7.32 Å². The van der Waals surface area contributed by atoms with Crippen LogP contribution in [0.15, 0.2) is 24.4 Å². The highest BCUT2D eigenvalue weighted by atomic mass is 16.5. The monoisotopic (exact) mass is 156 g/mol. The van der Waals surface area contributed by atoms with Gasteiger partial charge in [0.2, 0.25) is 0 Å². The smallest absolute Gasteiger partial charge is 0.402 e. The topological polar surface area (TPSA) is 99.6 Å². The van der Waals surface area contributed by atoms with Crippen molar-refractivity contribution in [2.75, 3.05) is 5.73 Å². The predicted molar refractivity (Wildman–Crippen MR) is 41.1 cm³/mol. The standard InChI is InChI=1S/C5H6N2.BH3O3/c6-5-3-1-2-4-7-5;2-1(3)4/h1-4H,(H2,6,7);2-4H. The third-order valence-corrected chi connectivity index (χ3v) is 0.688. The van der Waals surface area contributed by atoms with Crippen LogP contribution in [-0.4, -0.2) is 27.4 Å². The fraction of sp³-hybridized carbons (Fsp3) is 0. The first-order valence-corrected chi connectivity index (χ1v) is 2.83. The quantitative estimate of drug-likeness (QED) is 0.346. The summed E-state index contributed by atoms with van der Waals surface area (Å²) in [4.78, 5) is 3.76. The van der Waals surface area contributed by atoms with Crippen molar-refractivity contribution in [1.82, 2.24) is 4.98 Å². The molecule has 0 fully saturated rings. The van der Waals surface area contributed by atoms with E-state index in [2.05, 4.69) is 4.98 Å². The summed E-state index contributed by atoms with van der Waals surface area (Å²) in [5, 5.41) is 21.5. The van der Waals surface area contributed by atoms with Crippen molar-refractivity contribution in [2.24, 2.45) is 0 Å². The number of pyridine rings is 1. The molecule has 0 amide bonds. The van der Waals surface area contributed by atoms with Crippen LogP contribution >= 0.6 is 0 Å². The van der Waals surface area contributed by atoms with Gasteiger partial charge >= 0.3 is 7.32 Å². The van der Waals surface area contributed by atoms with Crippen molar-refractivity contribution in [3.05, 3.63) is 24.4 Å². The van der Waals surface area contributed by atoms with Gasteiger partial charge in [-0.05, 0) is 12.1 Å². The highest BCUT2D eigenvalue weighted by molar-refractivity contribution is 6.30. The first-order valence-electron chi connectivity index (χ1n) is 2.83. The van der Waals surface area contributed by atoms with Gasteiger partial charge in [0.15, 0.2) is 0 Å². The molecule has 1 rings (SSSR count). The van der Waals surface area contributed by atoms with Gasteiger partial charge in [-0.2, -0.15) is 0 Å². The molecule has 0 aliphatic rings. The van der Waals surface area contributed by atoms with E-state index >= 15 is 0 Å². The maximum Gasteiger partial charge on any atom is 0.631 e. The van der Waals surface area contributed by atoms with Gasteiger partial charge < -0.3 is 20.8 Å². The van der Waals surface area contributed by atoms with E-state index in [-0.39, 0.29) is 0 Å². The Kier molecular flexibility index (Phi) is 5.09. The lowest BCUT2D eigenvalue weighted by Gasteiger charge is -1.82. The molecular weight excluding hydrogens is 147 g/mol. The average molecular weight is 156 g/mol. The van der Waals surface area contributed by atoms with Crippen LogP contribution in [-0.2, 0) is 0 Å². The molecule has 0 aliphatic carbocycles. The lowest BCUT2D eigenvalue weighted by Crippen LogP contribution is -2.07. The minimum Gasteiger partial charge on any atom is -0.402 e. The summed E-state index contributed by atoms with van der Waals surface area (Å²) in [5.74, 6) is 0.572. The van der Waals surface area contributed by atoms with Crippen molar-refractivity contribution in [1.29, 1.82) is 0 Å². The molecule has 0 radical (unpaired) electrons. The van der Waals surface area contributed by atoms with Crippen molar-refractivity contribution in [2.45, 2.75) is 0 Å². The Morgan fingerprint density at radius 1 is 1.27 bits per heavy atom. The number of aromatic nitrogens is 1. The van der Waals surface area contributed by atoms with E-state index in [0.717, 1.165) is 0 Å². The van der Waals surface area contributed by atoms with E-state index in [1.165, 1.54) is 0 Å². The van der Waals surface area contributed by atoms with Gasteiger partial charge in [-0.1, -0.05) is 6.07 Å². The first kappa shape index (κ1) is 9.89. The molecule has 1 heterocycles. The number of rotatable bonds is 0. The normalized spacial score (nSPS) is 7.91. The first-order chi connectivity index (χ1) is 5.13. The van der Waals surface area contributed by atoms with Gasteiger partial charge in [0.05, 0.1) is 0 Å². The van der Waals surface area contributed by atoms with Crippen LogP contribution in [0.5, 0.6) is 0 Å². The molecule has 0 saturated carbocycles.